The Morgan fingerprint density at radius 3 is 0.701 bits per heavy atom. The summed E-state index contributed by atoms with van der Waals surface area (Å²) in [5.74, 6) is -0.580. The van der Waals surface area contributed by atoms with E-state index in [1.54, 1.807) is 0 Å². The molecule has 97 heavy (non-hydrogen) atoms. The normalized spacial score (nSPS) is 14.0. The molecule has 19 heteroatoms. The van der Waals surface area contributed by atoms with Crippen molar-refractivity contribution in [2.75, 3.05) is 39.6 Å². The summed E-state index contributed by atoms with van der Waals surface area (Å²) in [5, 5.41) is 10.6. The van der Waals surface area contributed by atoms with E-state index in [1.165, 1.54) is 225 Å². The molecule has 2 unspecified atom stereocenters. The van der Waals surface area contributed by atoms with Crippen LogP contribution in [0.15, 0.2) is 0 Å². The van der Waals surface area contributed by atoms with Crippen LogP contribution in [0.1, 0.15) is 408 Å². The van der Waals surface area contributed by atoms with Crippen molar-refractivity contribution in [3.05, 3.63) is 0 Å². The molecule has 3 N–H and O–H groups in total. The zero-order chi connectivity index (χ0) is 71.4. The van der Waals surface area contributed by atoms with Crippen LogP contribution in [0.5, 0.6) is 0 Å². The monoisotopic (exact) mass is 1420 g/mol. The Balaban J connectivity index is 5.26. The number of hydrogen-bond acceptors (Lipinski definition) is 15. The average Bonchev–Trinajstić information content (AvgIpc) is 1.07. The first-order valence-corrected chi connectivity index (χ1v) is 43.5. The third-order valence-corrected chi connectivity index (χ3v) is 20.1. The van der Waals surface area contributed by atoms with E-state index in [2.05, 4.69) is 41.5 Å². The Morgan fingerprint density at radius 2 is 0.474 bits per heavy atom. The van der Waals surface area contributed by atoms with Crippen molar-refractivity contribution in [3.8, 4) is 0 Å². The van der Waals surface area contributed by atoms with E-state index in [4.69, 9.17) is 37.0 Å². The van der Waals surface area contributed by atoms with E-state index in [1.807, 2.05) is 0 Å². The fraction of sp³-hybridized carbons (Fsp3) is 0.949. The maximum absolute atomic E-state index is 13.1. The maximum atomic E-state index is 13.1. The molecule has 0 saturated heterocycles. The number of ether oxygens (including phenoxy) is 4. The van der Waals surface area contributed by atoms with Crippen LogP contribution in [0.3, 0.4) is 0 Å². The van der Waals surface area contributed by atoms with Gasteiger partial charge in [0.1, 0.15) is 19.3 Å². The molecule has 0 aliphatic carbocycles. The molecule has 0 saturated carbocycles. The van der Waals surface area contributed by atoms with E-state index in [9.17, 15) is 43.2 Å². The van der Waals surface area contributed by atoms with E-state index in [-0.39, 0.29) is 25.7 Å². The largest absolute Gasteiger partial charge is 0.472 e. The molecule has 0 aromatic rings. The van der Waals surface area contributed by atoms with Crippen LogP contribution in [0.25, 0.3) is 0 Å². The summed E-state index contributed by atoms with van der Waals surface area (Å²) in [4.78, 5) is 72.9. The van der Waals surface area contributed by atoms with Gasteiger partial charge in [-0.25, -0.2) is 9.13 Å². The molecule has 0 radical (unpaired) electrons. The highest BCUT2D eigenvalue weighted by Gasteiger charge is 2.30. The molecule has 0 heterocycles. The lowest BCUT2D eigenvalue weighted by Crippen LogP contribution is -2.30. The number of phosphoric acid groups is 2. The first kappa shape index (κ1) is 95.1. The van der Waals surface area contributed by atoms with Crippen molar-refractivity contribution in [2.24, 2.45) is 11.8 Å². The van der Waals surface area contributed by atoms with E-state index >= 15 is 0 Å². The predicted molar refractivity (Wildman–Crippen MR) is 395 cm³/mol. The molecule has 17 nitrogen and oxygen atoms in total. The second-order valence-electron chi connectivity index (χ2n) is 29.1. The van der Waals surface area contributed by atoms with Gasteiger partial charge >= 0.3 is 39.5 Å². The minimum Gasteiger partial charge on any atom is -0.462 e. The number of carbonyl (C=O) groups excluding carboxylic acids is 4. The molecule has 0 aromatic carbocycles. The minimum atomic E-state index is -4.96. The Morgan fingerprint density at radius 1 is 0.278 bits per heavy atom. The van der Waals surface area contributed by atoms with Crippen LogP contribution in [-0.2, 0) is 65.4 Å². The van der Waals surface area contributed by atoms with Crippen molar-refractivity contribution in [1.82, 2.24) is 0 Å². The average molecular weight is 1420 g/mol. The van der Waals surface area contributed by atoms with Crippen LogP contribution < -0.4 is 0 Å². The lowest BCUT2D eigenvalue weighted by atomic mass is 10.0. The minimum absolute atomic E-state index is 0.107. The Hall–Kier alpha value is -1.94. The second kappa shape index (κ2) is 69.8. The Kier molecular flexibility index (Phi) is 68.4. The van der Waals surface area contributed by atoms with E-state index in [0.717, 1.165) is 102 Å². The third kappa shape index (κ3) is 72.2. The summed E-state index contributed by atoms with van der Waals surface area (Å²) in [7, 11) is -9.92. The summed E-state index contributed by atoms with van der Waals surface area (Å²) >= 11 is 0. The SMILES string of the molecule is CCCCCCCCCCCCCCCCCCC(=O)OC[C@H](COP(=O)(O)OC[C@@H](O)COP(=O)(O)OC[C@@H](COC(=O)CCCCCCCCCCCC(C)C)OC(=O)CCCCCCCCCCCCCCC)OC(=O)CCCCCCCCCCCCCCCC(C)C. The van der Waals surface area contributed by atoms with E-state index in [0.29, 0.717) is 25.7 Å². The Bertz CT molecular complexity index is 1870. The van der Waals surface area contributed by atoms with Crippen LogP contribution >= 0.6 is 15.6 Å². The summed E-state index contributed by atoms with van der Waals surface area (Å²) in [6.07, 6.45) is 58.1. The van der Waals surface area contributed by atoms with Gasteiger partial charge in [-0.1, -0.05) is 356 Å². The van der Waals surface area contributed by atoms with Crippen molar-refractivity contribution >= 4 is 39.5 Å². The summed E-state index contributed by atoms with van der Waals surface area (Å²) in [6, 6.07) is 0. The topological polar surface area (TPSA) is 237 Å². The summed E-state index contributed by atoms with van der Waals surface area (Å²) in [5.41, 5.74) is 0. The lowest BCUT2D eigenvalue weighted by molar-refractivity contribution is -0.161. The van der Waals surface area contributed by atoms with Crippen LogP contribution in [0.2, 0.25) is 0 Å². The number of phosphoric ester groups is 2. The van der Waals surface area contributed by atoms with Gasteiger partial charge in [-0.2, -0.15) is 0 Å². The molecule has 0 aliphatic heterocycles. The first-order chi connectivity index (χ1) is 46.9. The fourth-order valence-electron chi connectivity index (χ4n) is 12.0. The summed E-state index contributed by atoms with van der Waals surface area (Å²) in [6.45, 7) is 9.62. The molecule has 0 aromatic heterocycles. The number of rotatable bonds is 77. The molecule has 0 aliphatic rings. The van der Waals surface area contributed by atoms with Gasteiger partial charge in [-0.15, -0.1) is 0 Å². The quantitative estimate of drug-likeness (QED) is 0.0222. The zero-order valence-electron chi connectivity index (χ0n) is 63.4. The number of carbonyl (C=O) groups is 4. The molecule has 0 spiro atoms. The molecule has 0 rings (SSSR count). The lowest BCUT2D eigenvalue weighted by Gasteiger charge is -2.21. The second-order valence-corrected chi connectivity index (χ2v) is 32.0. The molecule has 5 atom stereocenters. The summed E-state index contributed by atoms with van der Waals surface area (Å²) < 4.78 is 68.6. The standard InChI is InChI=1S/C78H152O17P2/c1-7-9-11-13-15-17-19-21-22-23-27-30-36-42-48-54-60-75(80)88-66-73(94-78(83)63-57-51-45-38-32-28-24-26-29-34-40-46-52-58-70(3)4)68-92-96(84,85)90-64-72(79)65-91-97(86,87)93-69-74(67-89-76(81)61-55-49-43-39-33-35-41-47-53-59-71(5)6)95-77(82)62-56-50-44-37-31-25-20-18-16-14-12-10-8-2/h70-74,79H,7-69H2,1-6H3,(H,84,85)(H,86,87)/t72-,73-,74-/m1/s1. The third-order valence-electron chi connectivity index (χ3n) is 18.2. The van der Waals surface area contributed by atoms with Crippen LogP contribution in [0.4, 0.5) is 0 Å². The van der Waals surface area contributed by atoms with Gasteiger partial charge in [-0.05, 0) is 37.5 Å². The van der Waals surface area contributed by atoms with Gasteiger partial charge in [0.25, 0.3) is 0 Å². The van der Waals surface area contributed by atoms with Gasteiger partial charge in [0.2, 0.25) is 0 Å². The highest BCUT2D eigenvalue weighted by molar-refractivity contribution is 7.47. The van der Waals surface area contributed by atoms with E-state index < -0.39 is 97.5 Å². The number of esters is 4. The van der Waals surface area contributed by atoms with Gasteiger partial charge < -0.3 is 33.8 Å². The molecule has 0 fully saturated rings. The van der Waals surface area contributed by atoms with Gasteiger partial charge in [0.15, 0.2) is 12.2 Å². The number of hydrogen-bond donors (Lipinski definition) is 3. The molecular formula is C78H152O17P2. The van der Waals surface area contributed by atoms with Gasteiger partial charge in [0, 0.05) is 25.7 Å². The van der Waals surface area contributed by atoms with Gasteiger partial charge in [0.05, 0.1) is 26.4 Å². The van der Waals surface area contributed by atoms with Gasteiger partial charge in [-0.3, -0.25) is 37.3 Å². The van der Waals surface area contributed by atoms with Crippen LogP contribution in [-0.4, -0.2) is 96.7 Å². The molecular weight excluding hydrogens is 1270 g/mol. The molecule has 0 bridgehead atoms. The highest BCUT2D eigenvalue weighted by atomic mass is 31.2. The number of unbranched alkanes of at least 4 members (excludes halogenated alkanes) is 47. The number of aliphatic hydroxyl groups is 1. The van der Waals surface area contributed by atoms with Crippen molar-refractivity contribution in [1.29, 1.82) is 0 Å². The fourth-order valence-corrected chi connectivity index (χ4v) is 13.6. The molecule has 576 valence electrons. The van der Waals surface area contributed by atoms with Crippen molar-refractivity contribution in [3.63, 3.8) is 0 Å². The number of aliphatic hydroxyl groups excluding tert-OH is 1. The highest BCUT2D eigenvalue weighted by Crippen LogP contribution is 2.45. The maximum Gasteiger partial charge on any atom is 0.472 e. The van der Waals surface area contributed by atoms with Crippen molar-refractivity contribution < 1.29 is 80.2 Å². The molecule has 0 amide bonds. The smallest absolute Gasteiger partial charge is 0.462 e. The Labute approximate surface area is 594 Å². The van der Waals surface area contributed by atoms with Crippen LogP contribution in [0, 0.1) is 11.8 Å². The van der Waals surface area contributed by atoms with Crippen molar-refractivity contribution in [2.45, 2.75) is 426 Å². The first-order valence-electron chi connectivity index (χ1n) is 40.5. The zero-order valence-corrected chi connectivity index (χ0v) is 65.2. The predicted octanol–water partition coefficient (Wildman–Crippen LogP) is 23.1.